The van der Waals surface area contributed by atoms with Crippen molar-refractivity contribution >= 4 is 21.7 Å². The Kier molecular flexibility index (Phi) is 4.19. The average molecular weight is 257 g/mol. The van der Waals surface area contributed by atoms with Crippen molar-refractivity contribution in [2.45, 2.75) is 6.92 Å². The van der Waals surface area contributed by atoms with E-state index in [1.807, 2.05) is 13.0 Å². The molecule has 1 aromatic rings. The van der Waals surface area contributed by atoms with Gasteiger partial charge in [0.25, 0.3) is 0 Å². The van der Waals surface area contributed by atoms with Crippen LogP contribution in [0.5, 0.6) is 0 Å². The van der Waals surface area contributed by atoms with Crippen LogP contribution < -0.4 is 5.32 Å². The quantitative estimate of drug-likeness (QED) is 0.836. The van der Waals surface area contributed by atoms with Crippen LogP contribution in [-0.2, 0) is 14.8 Å². The molecule has 1 rings (SSSR count). The second kappa shape index (κ2) is 5.24. The molecule has 0 aliphatic carbocycles. The van der Waals surface area contributed by atoms with Crippen molar-refractivity contribution in [2.24, 2.45) is 0 Å². The molecule has 0 spiro atoms. The third-order valence-corrected chi connectivity index (χ3v) is 3.37. The first-order valence-corrected chi connectivity index (χ1v) is 6.77. The number of nitrogens with one attached hydrogen (secondary N) is 1. The van der Waals surface area contributed by atoms with Crippen LogP contribution in [0.1, 0.15) is 5.56 Å². The van der Waals surface area contributed by atoms with Crippen molar-refractivity contribution in [1.82, 2.24) is 9.29 Å². The summed E-state index contributed by atoms with van der Waals surface area (Å²) in [6.45, 7) is 1.66. The molecule has 0 unspecified atom stereocenters. The van der Waals surface area contributed by atoms with Crippen molar-refractivity contribution in [1.29, 1.82) is 0 Å². The molecule has 0 fully saturated rings. The van der Waals surface area contributed by atoms with Crippen molar-refractivity contribution in [3.8, 4) is 0 Å². The average Bonchev–Trinajstić information content (AvgIpc) is 2.20. The number of carbonyl (C=O) groups is 1. The number of hydrogen-bond acceptors (Lipinski definition) is 4. The number of sulfonamides is 1. The Bertz CT molecular complexity index is 496. The number of pyridine rings is 1. The van der Waals surface area contributed by atoms with Crippen molar-refractivity contribution in [2.75, 3.05) is 25.2 Å². The Balaban J connectivity index is 2.59. The van der Waals surface area contributed by atoms with E-state index in [0.717, 1.165) is 16.1 Å². The molecule has 94 valence electrons. The fourth-order valence-corrected chi connectivity index (χ4v) is 1.40. The van der Waals surface area contributed by atoms with Gasteiger partial charge in [0, 0.05) is 13.2 Å². The maximum atomic E-state index is 11.5. The summed E-state index contributed by atoms with van der Waals surface area (Å²) >= 11 is 0. The highest BCUT2D eigenvalue weighted by Crippen LogP contribution is 2.04. The van der Waals surface area contributed by atoms with E-state index in [2.05, 4.69) is 10.3 Å². The van der Waals surface area contributed by atoms with Gasteiger partial charge in [-0.05, 0) is 18.6 Å². The molecular formula is C10H15N3O3S. The fraction of sp³-hybridized carbons (Fsp3) is 0.400. The Labute approximate surface area is 101 Å². The molecule has 0 saturated heterocycles. The zero-order valence-corrected chi connectivity index (χ0v) is 10.8. The molecule has 1 N–H and O–H groups in total. The highest BCUT2D eigenvalue weighted by molar-refractivity contribution is 7.88. The maximum absolute atomic E-state index is 11.5. The Morgan fingerprint density at radius 1 is 1.47 bits per heavy atom. The van der Waals surface area contributed by atoms with Crippen LogP contribution >= 0.6 is 0 Å². The maximum Gasteiger partial charge on any atom is 0.240 e. The first-order chi connectivity index (χ1) is 7.79. The highest BCUT2D eigenvalue weighted by Gasteiger charge is 2.15. The molecule has 0 aliphatic heterocycles. The first-order valence-electron chi connectivity index (χ1n) is 4.93. The van der Waals surface area contributed by atoms with E-state index in [-0.39, 0.29) is 6.54 Å². The van der Waals surface area contributed by atoms with E-state index in [1.54, 1.807) is 12.3 Å². The molecule has 17 heavy (non-hydrogen) atoms. The van der Waals surface area contributed by atoms with Gasteiger partial charge < -0.3 is 5.32 Å². The lowest BCUT2D eigenvalue weighted by Gasteiger charge is -2.13. The Morgan fingerprint density at radius 2 is 2.12 bits per heavy atom. The van der Waals surface area contributed by atoms with E-state index in [1.165, 1.54) is 7.05 Å². The Morgan fingerprint density at radius 3 is 2.59 bits per heavy atom. The van der Waals surface area contributed by atoms with Crippen LogP contribution in [0.25, 0.3) is 0 Å². The van der Waals surface area contributed by atoms with Crippen LogP contribution in [0.4, 0.5) is 5.82 Å². The van der Waals surface area contributed by atoms with Gasteiger partial charge in [0.05, 0.1) is 12.8 Å². The first kappa shape index (κ1) is 13.6. The summed E-state index contributed by atoms with van der Waals surface area (Å²) < 4.78 is 23.2. The number of anilines is 1. The number of carbonyl (C=O) groups excluding carboxylic acids is 1. The molecular weight excluding hydrogens is 242 g/mol. The monoisotopic (exact) mass is 257 g/mol. The molecule has 0 aliphatic rings. The minimum absolute atomic E-state index is 0.228. The second-order valence-corrected chi connectivity index (χ2v) is 5.88. The van der Waals surface area contributed by atoms with Gasteiger partial charge >= 0.3 is 0 Å². The molecule has 7 heteroatoms. The van der Waals surface area contributed by atoms with Crippen LogP contribution in [0.3, 0.4) is 0 Å². The largest absolute Gasteiger partial charge is 0.310 e. The molecule has 0 saturated carbocycles. The summed E-state index contributed by atoms with van der Waals surface area (Å²) in [5.41, 5.74) is 0.983. The van der Waals surface area contributed by atoms with Gasteiger partial charge in [-0.25, -0.2) is 13.4 Å². The Hall–Kier alpha value is -1.47. The summed E-state index contributed by atoms with van der Waals surface area (Å²) in [6.07, 6.45) is 2.67. The molecule has 0 radical (unpaired) electrons. The summed E-state index contributed by atoms with van der Waals surface area (Å²) in [7, 11) is -2.00. The number of likely N-dealkylation sites (N-methyl/N-ethyl adjacent to an activating group) is 1. The van der Waals surface area contributed by atoms with E-state index in [0.29, 0.717) is 5.82 Å². The van der Waals surface area contributed by atoms with Crippen LogP contribution in [-0.4, -0.2) is 43.5 Å². The number of rotatable bonds is 4. The molecule has 0 aromatic carbocycles. The molecule has 0 atom stereocenters. The highest BCUT2D eigenvalue weighted by atomic mass is 32.2. The lowest BCUT2D eigenvalue weighted by atomic mass is 10.3. The molecule has 0 bridgehead atoms. The number of amides is 1. The minimum atomic E-state index is -3.34. The zero-order chi connectivity index (χ0) is 13.1. The number of hydrogen-bond donors (Lipinski definition) is 1. The summed E-state index contributed by atoms with van der Waals surface area (Å²) in [5, 5.41) is 2.52. The van der Waals surface area contributed by atoms with Crippen LogP contribution in [0.2, 0.25) is 0 Å². The normalized spacial score (nSPS) is 11.5. The van der Waals surface area contributed by atoms with Crippen molar-refractivity contribution in [3.63, 3.8) is 0 Å². The van der Waals surface area contributed by atoms with Crippen LogP contribution in [0, 0.1) is 6.92 Å². The zero-order valence-electron chi connectivity index (χ0n) is 9.97. The van der Waals surface area contributed by atoms with E-state index < -0.39 is 15.9 Å². The lowest BCUT2D eigenvalue weighted by Crippen LogP contribution is -2.34. The topological polar surface area (TPSA) is 79.4 Å². The third-order valence-electron chi connectivity index (χ3n) is 2.11. The van der Waals surface area contributed by atoms with Gasteiger partial charge in [-0.3, -0.25) is 4.79 Å². The van der Waals surface area contributed by atoms with E-state index in [4.69, 9.17) is 0 Å². The van der Waals surface area contributed by atoms with Gasteiger partial charge in [0.2, 0.25) is 15.9 Å². The smallest absolute Gasteiger partial charge is 0.240 e. The summed E-state index contributed by atoms with van der Waals surface area (Å²) in [6, 6.07) is 3.47. The standard InChI is InChI=1S/C10H15N3O3S/c1-8-4-5-9(11-6-8)12-10(14)7-13(2)17(3,15)16/h4-6H,7H2,1-3H3,(H,11,12,14). The predicted molar refractivity (Wildman–Crippen MR) is 65.1 cm³/mol. The van der Waals surface area contributed by atoms with E-state index in [9.17, 15) is 13.2 Å². The van der Waals surface area contributed by atoms with Gasteiger partial charge in [0.15, 0.2) is 0 Å². The summed E-state index contributed by atoms with van der Waals surface area (Å²) in [4.78, 5) is 15.5. The number of aryl methyl sites for hydroxylation is 1. The third kappa shape index (κ3) is 4.49. The molecule has 1 aromatic heterocycles. The van der Waals surface area contributed by atoms with Gasteiger partial charge in [-0.2, -0.15) is 4.31 Å². The second-order valence-electron chi connectivity index (χ2n) is 3.79. The van der Waals surface area contributed by atoms with Crippen molar-refractivity contribution < 1.29 is 13.2 Å². The molecule has 1 heterocycles. The molecule has 6 nitrogen and oxygen atoms in total. The van der Waals surface area contributed by atoms with Crippen molar-refractivity contribution in [3.05, 3.63) is 23.9 Å². The van der Waals surface area contributed by atoms with Gasteiger partial charge in [-0.15, -0.1) is 0 Å². The SMILES string of the molecule is Cc1ccc(NC(=O)CN(C)S(C)(=O)=O)nc1. The number of aromatic nitrogens is 1. The predicted octanol–water partition coefficient (Wildman–Crippen LogP) is 0.220. The van der Waals surface area contributed by atoms with Crippen LogP contribution in [0.15, 0.2) is 18.3 Å². The molecule has 1 amide bonds. The number of nitrogens with zero attached hydrogens (tertiary/aromatic N) is 2. The lowest BCUT2D eigenvalue weighted by molar-refractivity contribution is -0.116. The minimum Gasteiger partial charge on any atom is -0.310 e. The van der Waals surface area contributed by atoms with E-state index >= 15 is 0 Å². The van der Waals surface area contributed by atoms with Gasteiger partial charge in [-0.1, -0.05) is 6.07 Å². The fourth-order valence-electron chi connectivity index (χ4n) is 1.04. The van der Waals surface area contributed by atoms with Gasteiger partial charge in [0.1, 0.15) is 5.82 Å². The summed E-state index contributed by atoms with van der Waals surface area (Å²) in [5.74, 6) is -0.0169.